The molecule has 4 nitrogen and oxygen atoms in total. The van der Waals surface area contributed by atoms with E-state index >= 15 is 0 Å². The minimum Gasteiger partial charge on any atom is -0.292 e. The molecular weight excluding hydrogens is 286 g/mol. The minimum atomic E-state index is -0.147. The number of benzene rings is 1. The average molecular weight is 300 g/mol. The Balaban J connectivity index is 2.17. The summed E-state index contributed by atoms with van der Waals surface area (Å²) in [5.41, 5.74) is 2.76. The van der Waals surface area contributed by atoms with E-state index in [0.717, 1.165) is 22.2 Å². The molecule has 21 heavy (non-hydrogen) atoms. The van der Waals surface area contributed by atoms with Crippen LogP contribution in [0.4, 0.5) is 0 Å². The summed E-state index contributed by atoms with van der Waals surface area (Å²) < 4.78 is 1.62. The number of fused-ring (bicyclic) bond motifs is 1. The van der Waals surface area contributed by atoms with Crippen molar-refractivity contribution >= 4 is 22.5 Å². The molecule has 0 saturated carbocycles. The Labute approximate surface area is 127 Å². The predicted octanol–water partition coefficient (Wildman–Crippen LogP) is 3.11. The number of para-hydroxylation sites is 1. The van der Waals surface area contributed by atoms with Crippen molar-refractivity contribution in [2.24, 2.45) is 0 Å². The first kappa shape index (κ1) is 13.8. The topological polar surface area (TPSA) is 47.8 Å². The Kier molecular flexibility index (Phi) is 3.47. The SMILES string of the molecule is Cc1cc(Cn2c(C)nc(Cl)cc2=O)c2ccccc2n1. The van der Waals surface area contributed by atoms with E-state index in [1.165, 1.54) is 6.07 Å². The van der Waals surface area contributed by atoms with Crippen LogP contribution in [-0.2, 0) is 6.54 Å². The summed E-state index contributed by atoms with van der Waals surface area (Å²) in [6.45, 7) is 4.19. The molecule has 0 bridgehead atoms. The molecule has 0 aliphatic carbocycles. The highest BCUT2D eigenvalue weighted by molar-refractivity contribution is 6.29. The van der Waals surface area contributed by atoms with E-state index in [1.807, 2.05) is 37.3 Å². The van der Waals surface area contributed by atoms with Gasteiger partial charge in [-0.05, 0) is 31.5 Å². The van der Waals surface area contributed by atoms with E-state index in [2.05, 4.69) is 9.97 Å². The molecule has 0 amide bonds. The van der Waals surface area contributed by atoms with Crippen LogP contribution >= 0.6 is 11.6 Å². The number of nitrogens with zero attached hydrogens (tertiary/aromatic N) is 3. The molecule has 0 aliphatic rings. The maximum Gasteiger partial charge on any atom is 0.255 e. The molecule has 0 fully saturated rings. The lowest BCUT2D eigenvalue weighted by molar-refractivity contribution is 0.703. The van der Waals surface area contributed by atoms with Gasteiger partial charge in [0, 0.05) is 17.1 Å². The van der Waals surface area contributed by atoms with Crippen LogP contribution in [0.2, 0.25) is 5.15 Å². The van der Waals surface area contributed by atoms with Gasteiger partial charge in [-0.1, -0.05) is 29.8 Å². The van der Waals surface area contributed by atoms with Crippen LogP contribution in [0, 0.1) is 13.8 Å². The highest BCUT2D eigenvalue weighted by Gasteiger charge is 2.08. The first-order valence-electron chi connectivity index (χ1n) is 6.64. The summed E-state index contributed by atoms with van der Waals surface area (Å²) in [4.78, 5) is 20.8. The average Bonchev–Trinajstić information content (AvgIpc) is 2.42. The Morgan fingerprint density at radius 1 is 1.14 bits per heavy atom. The zero-order valence-corrected chi connectivity index (χ0v) is 12.6. The molecule has 0 unspecified atom stereocenters. The van der Waals surface area contributed by atoms with E-state index in [4.69, 9.17) is 11.6 Å². The molecule has 0 radical (unpaired) electrons. The summed E-state index contributed by atoms with van der Waals surface area (Å²) in [6, 6.07) is 11.3. The van der Waals surface area contributed by atoms with Crippen molar-refractivity contribution in [2.45, 2.75) is 20.4 Å². The quantitative estimate of drug-likeness (QED) is 0.683. The molecule has 0 atom stereocenters. The van der Waals surface area contributed by atoms with Gasteiger partial charge in [0.2, 0.25) is 0 Å². The van der Waals surface area contributed by atoms with Crippen LogP contribution in [0.1, 0.15) is 17.1 Å². The standard InChI is InChI=1S/C16H14ClN3O/c1-10-7-12(13-5-3-4-6-14(13)18-10)9-20-11(2)19-15(17)8-16(20)21/h3-8H,9H2,1-2H3. The van der Waals surface area contributed by atoms with Gasteiger partial charge in [0.1, 0.15) is 11.0 Å². The lowest BCUT2D eigenvalue weighted by Gasteiger charge is -2.12. The molecule has 0 saturated heterocycles. The monoisotopic (exact) mass is 299 g/mol. The van der Waals surface area contributed by atoms with Crippen LogP contribution in [0.3, 0.4) is 0 Å². The van der Waals surface area contributed by atoms with Gasteiger partial charge in [0.25, 0.3) is 5.56 Å². The molecular formula is C16H14ClN3O. The number of hydrogen-bond donors (Lipinski definition) is 0. The van der Waals surface area contributed by atoms with Crippen molar-refractivity contribution < 1.29 is 0 Å². The van der Waals surface area contributed by atoms with Gasteiger partial charge in [-0.3, -0.25) is 14.3 Å². The summed E-state index contributed by atoms with van der Waals surface area (Å²) in [5, 5.41) is 1.27. The second kappa shape index (κ2) is 5.30. The summed E-state index contributed by atoms with van der Waals surface area (Å²) in [7, 11) is 0. The minimum absolute atomic E-state index is 0.147. The van der Waals surface area contributed by atoms with E-state index < -0.39 is 0 Å². The number of hydrogen-bond acceptors (Lipinski definition) is 3. The molecule has 3 aromatic rings. The highest BCUT2D eigenvalue weighted by atomic mass is 35.5. The summed E-state index contributed by atoms with van der Waals surface area (Å²) in [5.74, 6) is 0.603. The largest absolute Gasteiger partial charge is 0.292 e. The summed E-state index contributed by atoms with van der Waals surface area (Å²) >= 11 is 5.81. The Hall–Kier alpha value is -2.20. The number of aryl methyl sites for hydroxylation is 2. The maximum atomic E-state index is 12.1. The third kappa shape index (κ3) is 2.67. The van der Waals surface area contributed by atoms with Gasteiger partial charge in [-0.15, -0.1) is 0 Å². The molecule has 3 rings (SSSR count). The third-order valence-corrected chi connectivity index (χ3v) is 3.62. The van der Waals surface area contributed by atoms with Gasteiger partial charge < -0.3 is 0 Å². The maximum absolute atomic E-state index is 12.1. The zero-order chi connectivity index (χ0) is 15.0. The van der Waals surface area contributed by atoms with Crippen molar-refractivity contribution in [2.75, 3.05) is 0 Å². The number of pyridine rings is 1. The molecule has 106 valence electrons. The van der Waals surface area contributed by atoms with E-state index in [-0.39, 0.29) is 10.7 Å². The lowest BCUT2D eigenvalue weighted by Crippen LogP contribution is -2.23. The Morgan fingerprint density at radius 2 is 1.90 bits per heavy atom. The number of aromatic nitrogens is 3. The predicted molar refractivity (Wildman–Crippen MR) is 83.8 cm³/mol. The Morgan fingerprint density at radius 3 is 2.67 bits per heavy atom. The van der Waals surface area contributed by atoms with Crippen molar-refractivity contribution in [3.8, 4) is 0 Å². The van der Waals surface area contributed by atoms with Gasteiger partial charge in [-0.25, -0.2) is 4.98 Å². The van der Waals surface area contributed by atoms with Gasteiger partial charge in [0.05, 0.1) is 12.1 Å². The smallest absolute Gasteiger partial charge is 0.255 e. The molecule has 0 spiro atoms. The second-order valence-corrected chi connectivity index (χ2v) is 5.38. The Bertz CT molecular complexity index is 886. The second-order valence-electron chi connectivity index (χ2n) is 4.99. The molecule has 0 N–H and O–H groups in total. The van der Waals surface area contributed by atoms with Crippen LogP contribution in [0.15, 0.2) is 41.2 Å². The van der Waals surface area contributed by atoms with Gasteiger partial charge >= 0.3 is 0 Å². The molecule has 5 heteroatoms. The molecule has 1 aromatic carbocycles. The van der Waals surface area contributed by atoms with Crippen LogP contribution in [0.25, 0.3) is 10.9 Å². The van der Waals surface area contributed by atoms with E-state index in [9.17, 15) is 4.79 Å². The summed E-state index contributed by atoms with van der Waals surface area (Å²) in [6.07, 6.45) is 0. The highest BCUT2D eigenvalue weighted by Crippen LogP contribution is 2.19. The fourth-order valence-corrected chi connectivity index (χ4v) is 2.69. The normalized spacial score (nSPS) is 11.0. The zero-order valence-electron chi connectivity index (χ0n) is 11.8. The van der Waals surface area contributed by atoms with Crippen molar-refractivity contribution in [3.05, 3.63) is 69.0 Å². The van der Waals surface area contributed by atoms with Crippen molar-refractivity contribution in [1.82, 2.24) is 14.5 Å². The van der Waals surface area contributed by atoms with Crippen LogP contribution < -0.4 is 5.56 Å². The van der Waals surface area contributed by atoms with E-state index in [0.29, 0.717) is 12.4 Å². The third-order valence-electron chi connectivity index (χ3n) is 3.43. The van der Waals surface area contributed by atoms with Crippen molar-refractivity contribution in [1.29, 1.82) is 0 Å². The lowest BCUT2D eigenvalue weighted by atomic mass is 10.1. The molecule has 2 aromatic heterocycles. The van der Waals surface area contributed by atoms with Crippen molar-refractivity contribution in [3.63, 3.8) is 0 Å². The van der Waals surface area contributed by atoms with Gasteiger partial charge in [0.15, 0.2) is 0 Å². The number of rotatable bonds is 2. The first-order valence-corrected chi connectivity index (χ1v) is 7.01. The number of halogens is 1. The fraction of sp³-hybridized carbons (Fsp3) is 0.188. The van der Waals surface area contributed by atoms with Crippen LogP contribution in [-0.4, -0.2) is 14.5 Å². The fourth-order valence-electron chi connectivity index (χ4n) is 2.47. The van der Waals surface area contributed by atoms with E-state index in [1.54, 1.807) is 11.5 Å². The first-order chi connectivity index (χ1) is 10.0. The van der Waals surface area contributed by atoms with Gasteiger partial charge in [-0.2, -0.15) is 0 Å². The molecule has 0 aliphatic heterocycles. The molecule has 2 heterocycles. The van der Waals surface area contributed by atoms with Crippen LogP contribution in [0.5, 0.6) is 0 Å².